The molecule has 0 radical (unpaired) electrons. The Morgan fingerprint density at radius 3 is 1.18 bits per heavy atom. The minimum atomic E-state index is -1.01. The van der Waals surface area contributed by atoms with E-state index in [9.17, 15) is 29.1 Å². The molecule has 5 N–H and O–H groups in total. The number of amides is 2. The highest BCUT2D eigenvalue weighted by Crippen LogP contribution is 2.34. The zero-order valence-corrected chi connectivity index (χ0v) is 81.8. The first kappa shape index (κ1) is 97.3. The van der Waals surface area contributed by atoms with Crippen molar-refractivity contribution in [3.8, 4) is 23.0 Å². The van der Waals surface area contributed by atoms with E-state index >= 15 is 0 Å². The smallest absolute Gasteiger partial charge is 0.341 e. The van der Waals surface area contributed by atoms with Crippen molar-refractivity contribution in [1.82, 2.24) is 98.3 Å². The summed E-state index contributed by atoms with van der Waals surface area (Å²) in [6.45, 7) is 9.20. The average molecular weight is 2170 g/mol. The molecule has 676 valence electrons. The second kappa shape index (κ2) is 46.7. The number of H-pyrrole nitrogens is 2. The van der Waals surface area contributed by atoms with Crippen LogP contribution in [-0.2, 0) is 64.3 Å². The third-order valence-electron chi connectivity index (χ3n) is 20.9. The van der Waals surface area contributed by atoms with Crippen molar-refractivity contribution in [1.29, 1.82) is 0 Å². The molecule has 40 heteroatoms. The number of carboxylic acids is 1. The van der Waals surface area contributed by atoms with E-state index in [1.54, 1.807) is 66.0 Å². The molecule has 16 aromatic rings. The Labute approximate surface area is 801 Å². The minimum Gasteiger partial charge on any atom is -0.497 e. The number of methoxy groups -OCH3 is 6. The van der Waals surface area contributed by atoms with E-state index in [1.807, 2.05) is 133 Å². The number of carbonyl (C=O) groups is 5. The summed E-state index contributed by atoms with van der Waals surface area (Å²) in [6, 6.07) is 31.6. The van der Waals surface area contributed by atoms with Gasteiger partial charge in [0, 0.05) is 99.8 Å². The SMILES string of the molecule is CCCC1CC(=O)N(Cc2c(Br)cnc3c2ncn3Cc2ccc(OC)cc2)C1.CCCC1CNC(=O)C1.COC(=O)c1c(Br)cnc2c1ncn2Cc1ccc(OC)cc1.COC(=O)c1c(Br)cnc2nc[nH]c12.COc1ccc(Cn2cnc3c(CCl)c(Br)cnc32)cc1.COc1ccc(Cn2cnc3c(CO)c(Br)cnc32)cc1.O=C(O)c1c(Br)cnc2nc[nH]c12. The number of aliphatic hydroxyl groups is 1. The number of benzene rings is 4. The fourth-order valence-electron chi connectivity index (χ4n) is 14.3. The number of nitrogens with one attached hydrogen (secondary N) is 3. The second-order valence-corrected chi connectivity index (χ2v) is 34.7. The Morgan fingerprint density at radius 2 is 0.785 bits per heavy atom. The summed E-state index contributed by atoms with van der Waals surface area (Å²) in [5.41, 5.74) is 16.1. The number of pyridine rings is 6. The van der Waals surface area contributed by atoms with E-state index in [0.717, 1.165) is 141 Å². The maximum absolute atomic E-state index is 12.5. The summed E-state index contributed by atoms with van der Waals surface area (Å²) in [6.07, 6.45) is 25.8. The summed E-state index contributed by atoms with van der Waals surface area (Å²) < 4.78 is 42.2. The number of imidazole rings is 6. The number of aromatic nitrogens is 18. The van der Waals surface area contributed by atoms with Gasteiger partial charge in [0.15, 0.2) is 33.9 Å². The van der Waals surface area contributed by atoms with Gasteiger partial charge in [-0.05, 0) is 191 Å². The Bertz CT molecular complexity index is 6480. The number of aromatic carboxylic acids is 1. The van der Waals surface area contributed by atoms with Crippen LogP contribution in [0.3, 0.4) is 0 Å². The molecule has 0 spiro atoms. The van der Waals surface area contributed by atoms with Gasteiger partial charge in [0.1, 0.15) is 72.8 Å². The van der Waals surface area contributed by atoms with E-state index in [4.69, 9.17) is 40.4 Å². The summed E-state index contributed by atoms with van der Waals surface area (Å²) in [4.78, 5) is 116. The molecule has 0 bridgehead atoms. The molecular weight excluding hydrogens is 2080 g/mol. The molecule has 2 aliphatic heterocycles. The number of ether oxygens (including phenoxy) is 6. The number of carboxylic acid groups (broad SMARTS) is 1. The monoisotopic (exact) mass is 2170 g/mol. The number of fused-ring (bicyclic) bond motifs is 6. The van der Waals surface area contributed by atoms with Gasteiger partial charge in [-0.15, -0.1) is 11.6 Å². The Balaban J connectivity index is 0.000000141. The van der Waals surface area contributed by atoms with Gasteiger partial charge < -0.3 is 77.1 Å². The summed E-state index contributed by atoms with van der Waals surface area (Å²) in [5.74, 6) is 3.41. The molecular formula is C90H89Br6ClN20O13. The van der Waals surface area contributed by atoms with Gasteiger partial charge in [0.2, 0.25) is 11.8 Å². The van der Waals surface area contributed by atoms with Crippen molar-refractivity contribution in [2.45, 2.75) is 97.6 Å². The third kappa shape index (κ3) is 24.1. The summed E-state index contributed by atoms with van der Waals surface area (Å²) in [5, 5.41) is 21.1. The second-order valence-electron chi connectivity index (χ2n) is 29.3. The van der Waals surface area contributed by atoms with Crippen molar-refractivity contribution in [3.63, 3.8) is 0 Å². The lowest BCUT2D eigenvalue weighted by molar-refractivity contribution is -0.128. The van der Waals surface area contributed by atoms with Crippen molar-refractivity contribution in [2.24, 2.45) is 11.8 Å². The number of nitrogens with zero attached hydrogens (tertiary/aromatic N) is 17. The van der Waals surface area contributed by atoms with Crippen LogP contribution < -0.4 is 24.3 Å². The highest BCUT2D eigenvalue weighted by atomic mass is 79.9. The Kier molecular flexibility index (Phi) is 35.0. The molecule has 2 amide bonds. The van der Waals surface area contributed by atoms with E-state index in [0.29, 0.717) is 115 Å². The third-order valence-corrected chi connectivity index (χ3v) is 25.0. The maximum atomic E-state index is 12.5. The van der Waals surface area contributed by atoms with E-state index in [-0.39, 0.29) is 24.0 Å². The van der Waals surface area contributed by atoms with Gasteiger partial charge in [-0.3, -0.25) is 9.59 Å². The highest BCUT2D eigenvalue weighted by molar-refractivity contribution is 9.11. The average Bonchev–Trinajstić information content (AvgIpc) is 1.63. The van der Waals surface area contributed by atoms with Gasteiger partial charge in [-0.25, -0.2) is 74.2 Å². The van der Waals surface area contributed by atoms with Gasteiger partial charge in [0.05, 0.1) is 133 Å². The first-order chi connectivity index (χ1) is 62.9. The standard InChI is InChI=1S/C22H25BrN4O2.C16H14BrN3O3.C15H13BrClN3O.C15H14BrN3O2.C8H6BrN3O2.C7H4BrN3O2.C7H13NO/c1-3-4-16-9-20(28)26(12-16)13-18-19(23)10-24-22-21(18)25-14-27(22)11-15-5-7-17(29-2)8-6-15;1-22-11-5-3-10(4-6-11)8-20-9-19-14-13(16(21)23-2)12(17)7-18-15(14)20;1-21-11-4-2-10(3-5-11)8-20-9-19-14-12(6-17)13(16)7-18-15(14)20;1-21-11-4-2-10(3-5-11)7-19-9-18-14-12(8-20)13(16)6-17-15(14)19;1-14-8(13)5-4(9)2-10-7-6(5)11-3-12-7;8-3-1-9-6-5(10-2-11-6)4(3)7(12)13;1-2-3-6-4-7(9)8-5-6/h5-8,10,14,16H,3-4,9,11-13H2,1-2H3;3-7,9H,8H2,1-2H3;2-5,7,9H,6,8H2,1H3;2-6,9,20H,7-8H2,1H3;2-3H,1H3,(H,10,11,12);1-2H,(H,12,13)(H,9,10,11);6H,2-5H2,1H3,(H,8,9). The van der Waals surface area contributed by atoms with Crippen LogP contribution in [0, 0.1) is 11.8 Å². The number of hydrogen-bond donors (Lipinski definition) is 5. The van der Waals surface area contributed by atoms with Crippen LogP contribution in [0.5, 0.6) is 23.0 Å². The highest BCUT2D eigenvalue weighted by Gasteiger charge is 2.31. The van der Waals surface area contributed by atoms with Gasteiger partial charge in [0.25, 0.3) is 0 Å². The van der Waals surface area contributed by atoms with Crippen LogP contribution >= 0.6 is 107 Å². The number of aromatic amines is 2. The lowest BCUT2D eigenvalue weighted by Crippen LogP contribution is -2.25. The molecule has 2 saturated heterocycles. The Hall–Kier alpha value is -11.7. The summed E-state index contributed by atoms with van der Waals surface area (Å²) >= 11 is 26.1. The van der Waals surface area contributed by atoms with Gasteiger partial charge >= 0.3 is 17.9 Å². The van der Waals surface area contributed by atoms with Crippen molar-refractivity contribution >= 4 is 204 Å². The van der Waals surface area contributed by atoms with Crippen LogP contribution in [0.4, 0.5) is 0 Å². The molecule has 2 aliphatic rings. The topological polar surface area (TPSA) is 402 Å². The maximum Gasteiger partial charge on any atom is 0.341 e. The number of aliphatic hydroxyl groups excluding tert-OH is 1. The lowest BCUT2D eigenvalue weighted by atomic mass is 10.0. The first-order valence-corrected chi connectivity index (χ1v) is 45.8. The number of hydrogen-bond acceptors (Lipinski definition) is 24. The molecule has 2 atom stereocenters. The number of esters is 2. The van der Waals surface area contributed by atoms with Gasteiger partial charge in [-0.2, -0.15) is 0 Å². The molecule has 130 heavy (non-hydrogen) atoms. The fourth-order valence-corrected chi connectivity index (χ4v) is 17.4. The molecule has 2 fully saturated rings. The number of likely N-dealkylation sites (tertiary alicyclic amines) is 1. The normalized spacial score (nSPS) is 13.2. The molecule has 12 aromatic heterocycles. The molecule has 0 aliphatic carbocycles. The van der Waals surface area contributed by atoms with Crippen LogP contribution in [0.2, 0.25) is 0 Å². The van der Waals surface area contributed by atoms with Crippen molar-refractivity contribution < 1.29 is 62.6 Å². The van der Waals surface area contributed by atoms with Crippen molar-refractivity contribution in [2.75, 3.05) is 55.7 Å². The van der Waals surface area contributed by atoms with Gasteiger partial charge in [-0.1, -0.05) is 75.2 Å². The lowest BCUT2D eigenvalue weighted by Gasteiger charge is -2.18. The largest absolute Gasteiger partial charge is 0.497 e. The molecule has 33 nitrogen and oxygen atoms in total. The van der Waals surface area contributed by atoms with Crippen LogP contribution in [0.15, 0.2) is 199 Å². The zero-order valence-electron chi connectivity index (χ0n) is 71.6. The molecule has 0 saturated carbocycles. The minimum absolute atomic E-state index is 0.0703. The molecule has 18 rings (SSSR count). The fraction of sp³-hybridized carbons (Fsp3) is 0.278. The van der Waals surface area contributed by atoms with Crippen LogP contribution in [-0.4, -0.2) is 189 Å². The summed E-state index contributed by atoms with van der Waals surface area (Å²) in [7, 11) is 9.28. The van der Waals surface area contributed by atoms with Crippen molar-refractivity contribution in [3.05, 3.63) is 255 Å². The number of rotatable bonds is 23. The molecule has 14 heterocycles. The Morgan fingerprint density at radius 1 is 0.431 bits per heavy atom. The predicted octanol–water partition coefficient (Wildman–Crippen LogP) is 18.0. The van der Waals surface area contributed by atoms with E-state index < -0.39 is 17.9 Å². The first-order valence-electron chi connectivity index (χ1n) is 40.5. The number of carbonyl (C=O) groups excluding carboxylic acids is 4. The zero-order chi connectivity index (χ0) is 92.7. The predicted molar refractivity (Wildman–Crippen MR) is 512 cm³/mol. The molecule has 4 aromatic carbocycles. The van der Waals surface area contributed by atoms with E-state index in [1.165, 1.54) is 52.1 Å². The quantitative estimate of drug-likeness (QED) is 0.0293. The number of alkyl halides is 1. The van der Waals surface area contributed by atoms with Crippen LogP contribution in [0.25, 0.3) is 67.0 Å². The molecule has 2 unspecified atom stereocenters. The van der Waals surface area contributed by atoms with Crippen LogP contribution in [0.1, 0.15) is 122 Å². The number of halogens is 7. The van der Waals surface area contributed by atoms with E-state index in [2.05, 4.69) is 189 Å².